The van der Waals surface area contributed by atoms with Crippen LogP contribution >= 0.6 is 0 Å². The number of aromatic amines is 1. The van der Waals surface area contributed by atoms with Crippen LogP contribution in [0.15, 0.2) is 40.1 Å². The van der Waals surface area contributed by atoms with Crippen molar-refractivity contribution in [2.45, 2.75) is 13.7 Å². The Morgan fingerprint density at radius 1 is 1.33 bits per heavy atom. The van der Waals surface area contributed by atoms with E-state index in [9.17, 15) is 14.4 Å². The molecule has 7 heteroatoms. The van der Waals surface area contributed by atoms with Gasteiger partial charge < -0.3 is 9.84 Å². The summed E-state index contributed by atoms with van der Waals surface area (Å²) in [7, 11) is 0. The highest BCUT2D eigenvalue weighted by atomic mass is 16.5. The van der Waals surface area contributed by atoms with E-state index in [1.807, 2.05) is 6.07 Å². The third-order valence-electron chi connectivity index (χ3n) is 3.18. The number of carbonyl (C=O) groups excluding carboxylic acids is 1. The summed E-state index contributed by atoms with van der Waals surface area (Å²) in [4.78, 5) is 37.6. The Labute approximate surface area is 137 Å². The molecule has 1 aromatic carbocycles. The third kappa shape index (κ3) is 4.29. The van der Waals surface area contributed by atoms with Crippen molar-refractivity contribution in [1.82, 2.24) is 9.55 Å². The van der Waals surface area contributed by atoms with Gasteiger partial charge in [0.1, 0.15) is 12.3 Å². The zero-order valence-electron chi connectivity index (χ0n) is 13.0. The second kappa shape index (κ2) is 8.06. The molecule has 0 aliphatic carbocycles. The largest absolute Gasteiger partial charge is 0.394 e. The number of nitrogens with one attached hydrogen (secondary N) is 1. The normalized spacial score (nSPS) is 10.1. The summed E-state index contributed by atoms with van der Waals surface area (Å²) >= 11 is 0. The van der Waals surface area contributed by atoms with Crippen molar-refractivity contribution < 1.29 is 14.6 Å². The standard InChI is InChI=1S/C17H16N2O5/c1-12-4-2-3-5-14(12)15(21)7-6-13-10-19(11-24-9-8-20)17(23)18-16(13)22/h2-5,10,20H,8-9,11H2,1H3,(H,18,22,23). The average molecular weight is 328 g/mol. The minimum Gasteiger partial charge on any atom is -0.394 e. The molecule has 0 unspecified atom stereocenters. The summed E-state index contributed by atoms with van der Waals surface area (Å²) < 4.78 is 6.13. The minimum absolute atomic E-state index is 0.0240. The van der Waals surface area contributed by atoms with Gasteiger partial charge in [0.05, 0.1) is 13.2 Å². The molecule has 0 aliphatic rings. The number of aromatic nitrogens is 2. The molecule has 0 fully saturated rings. The maximum atomic E-state index is 12.1. The first-order valence-electron chi connectivity index (χ1n) is 7.17. The van der Waals surface area contributed by atoms with Crippen LogP contribution in [0.5, 0.6) is 0 Å². The molecule has 0 bridgehead atoms. The maximum Gasteiger partial charge on any atom is 0.330 e. The zero-order chi connectivity index (χ0) is 17.5. The Morgan fingerprint density at radius 3 is 2.79 bits per heavy atom. The van der Waals surface area contributed by atoms with E-state index in [2.05, 4.69) is 16.8 Å². The van der Waals surface area contributed by atoms with E-state index >= 15 is 0 Å². The number of rotatable bonds is 5. The van der Waals surface area contributed by atoms with Gasteiger partial charge in [-0.15, -0.1) is 0 Å². The van der Waals surface area contributed by atoms with Crippen LogP contribution in [-0.2, 0) is 11.5 Å². The number of ketones is 1. The molecule has 24 heavy (non-hydrogen) atoms. The van der Waals surface area contributed by atoms with Gasteiger partial charge in [0.15, 0.2) is 0 Å². The second-order valence-electron chi connectivity index (χ2n) is 4.93. The second-order valence-corrected chi connectivity index (χ2v) is 4.93. The number of Topliss-reactive ketones (excluding diaryl/α,β-unsaturated/α-hetero) is 1. The summed E-state index contributed by atoms with van der Waals surface area (Å²) in [6, 6.07) is 6.99. The summed E-state index contributed by atoms with van der Waals surface area (Å²) in [5.41, 5.74) is -0.115. The number of H-pyrrole nitrogens is 1. The number of aliphatic hydroxyl groups excluding tert-OH is 1. The van der Waals surface area contributed by atoms with E-state index in [0.717, 1.165) is 10.1 Å². The van der Waals surface area contributed by atoms with E-state index in [1.165, 1.54) is 6.20 Å². The number of benzene rings is 1. The van der Waals surface area contributed by atoms with Crippen LogP contribution in [0.2, 0.25) is 0 Å². The Morgan fingerprint density at radius 2 is 2.08 bits per heavy atom. The lowest BCUT2D eigenvalue weighted by molar-refractivity contribution is 0.0456. The number of aliphatic hydroxyl groups is 1. The van der Waals surface area contributed by atoms with Crippen molar-refractivity contribution in [3.05, 3.63) is 68.0 Å². The SMILES string of the molecule is Cc1ccccc1C(=O)C#Cc1cn(COCCO)c(=O)[nH]c1=O. The molecule has 0 radical (unpaired) electrons. The molecule has 0 aliphatic heterocycles. The van der Waals surface area contributed by atoms with Gasteiger partial charge in [-0.05, 0) is 18.4 Å². The average Bonchev–Trinajstić information content (AvgIpc) is 2.56. The fourth-order valence-corrected chi connectivity index (χ4v) is 1.94. The summed E-state index contributed by atoms with van der Waals surface area (Å²) in [5.74, 6) is 4.48. The monoisotopic (exact) mass is 328 g/mol. The van der Waals surface area contributed by atoms with Crippen LogP contribution in [0.1, 0.15) is 21.5 Å². The first-order valence-corrected chi connectivity index (χ1v) is 7.17. The van der Waals surface area contributed by atoms with Gasteiger partial charge >= 0.3 is 5.69 Å². The van der Waals surface area contributed by atoms with E-state index in [0.29, 0.717) is 5.56 Å². The molecular formula is C17H16N2O5. The molecule has 0 saturated carbocycles. The van der Waals surface area contributed by atoms with Crippen molar-refractivity contribution in [2.75, 3.05) is 13.2 Å². The lowest BCUT2D eigenvalue weighted by atomic mass is 10.1. The molecule has 0 amide bonds. The summed E-state index contributed by atoms with van der Waals surface area (Å²) in [6.07, 6.45) is 1.22. The van der Waals surface area contributed by atoms with E-state index in [1.54, 1.807) is 25.1 Å². The minimum atomic E-state index is -0.677. The van der Waals surface area contributed by atoms with Crippen molar-refractivity contribution in [1.29, 1.82) is 0 Å². The molecule has 2 rings (SSSR count). The molecule has 0 saturated heterocycles. The Hall–Kier alpha value is -2.95. The maximum absolute atomic E-state index is 12.1. The lowest BCUT2D eigenvalue weighted by Gasteiger charge is -2.05. The van der Waals surface area contributed by atoms with Crippen molar-refractivity contribution in [3.8, 4) is 11.8 Å². The van der Waals surface area contributed by atoms with Crippen molar-refractivity contribution in [2.24, 2.45) is 0 Å². The van der Waals surface area contributed by atoms with E-state index < -0.39 is 17.0 Å². The first kappa shape index (κ1) is 17.4. The number of aryl methyl sites for hydroxylation is 1. The molecule has 1 heterocycles. The van der Waals surface area contributed by atoms with Gasteiger partial charge in [-0.1, -0.05) is 30.2 Å². The number of carbonyl (C=O) groups is 1. The highest BCUT2D eigenvalue weighted by Gasteiger charge is 2.06. The van der Waals surface area contributed by atoms with Crippen LogP contribution in [0.25, 0.3) is 0 Å². The molecule has 2 aromatic rings. The lowest BCUT2D eigenvalue weighted by Crippen LogP contribution is -2.31. The van der Waals surface area contributed by atoms with Gasteiger partial charge in [0.2, 0.25) is 5.78 Å². The molecule has 124 valence electrons. The van der Waals surface area contributed by atoms with Gasteiger partial charge in [-0.3, -0.25) is 19.1 Å². The topological polar surface area (TPSA) is 101 Å². The quantitative estimate of drug-likeness (QED) is 0.459. The number of hydrogen-bond acceptors (Lipinski definition) is 5. The van der Waals surface area contributed by atoms with Gasteiger partial charge in [0.25, 0.3) is 5.56 Å². The molecule has 1 aromatic heterocycles. The highest BCUT2D eigenvalue weighted by molar-refractivity contribution is 6.10. The smallest absolute Gasteiger partial charge is 0.330 e. The fourth-order valence-electron chi connectivity index (χ4n) is 1.94. The van der Waals surface area contributed by atoms with Crippen molar-refractivity contribution in [3.63, 3.8) is 0 Å². The van der Waals surface area contributed by atoms with Crippen LogP contribution in [-0.4, -0.2) is 33.7 Å². The predicted octanol–water partition coefficient (Wildman–Crippen LogP) is 0.0458. The van der Waals surface area contributed by atoms with Gasteiger partial charge in [0, 0.05) is 11.8 Å². The van der Waals surface area contributed by atoms with E-state index in [4.69, 9.17) is 9.84 Å². The molecule has 2 N–H and O–H groups in total. The fraction of sp³-hybridized carbons (Fsp3) is 0.235. The Kier molecular flexibility index (Phi) is 5.84. The van der Waals surface area contributed by atoms with Crippen LogP contribution in [0.3, 0.4) is 0 Å². The molecule has 7 nitrogen and oxygen atoms in total. The predicted molar refractivity (Wildman–Crippen MR) is 86.7 cm³/mol. The van der Waals surface area contributed by atoms with Crippen LogP contribution in [0.4, 0.5) is 0 Å². The number of ether oxygens (including phenoxy) is 1. The molecule has 0 spiro atoms. The van der Waals surface area contributed by atoms with Gasteiger partial charge in [-0.2, -0.15) is 0 Å². The number of nitrogens with zero attached hydrogens (tertiary/aromatic N) is 1. The number of hydrogen-bond donors (Lipinski definition) is 2. The summed E-state index contributed by atoms with van der Waals surface area (Å²) in [5, 5.41) is 8.66. The van der Waals surface area contributed by atoms with Crippen LogP contribution < -0.4 is 11.2 Å². The zero-order valence-corrected chi connectivity index (χ0v) is 13.0. The molecule has 0 atom stereocenters. The van der Waals surface area contributed by atoms with Crippen molar-refractivity contribution >= 4 is 5.78 Å². The highest BCUT2D eigenvalue weighted by Crippen LogP contribution is 2.07. The van der Waals surface area contributed by atoms with Crippen LogP contribution in [0, 0.1) is 18.8 Å². The first-order chi connectivity index (χ1) is 11.5. The summed E-state index contributed by atoms with van der Waals surface area (Å²) in [6.45, 7) is 1.52. The third-order valence-corrected chi connectivity index (χ3v) is 3.18. The van der Waals surface area contributed by atoms with E-state index in [-0.39, 0.29) is 25.5 Å². The van der Waals surface area contributed by atoms with Gasteiger partial charge in [-0.25, -0.2) is 4.79 Å². The Balaban J connectivity index is 2.29. The molecular weight excluding hydrogens is 312 g/mol. The Bertz CT molecular complexity index is 915.